The Kier molecular flexibility index (Phi) is 3.97. The standard InChI is InChI=1S/C17H13N3O2S2/c1-22-8-10-6-19-16(24-10)14-9-23-17(20-14)15(21)12-7-18-13-5-3-2-4-11(12)13/h2-7,9,18H,8H2,1H3. The number of aromatic nitrogens is 3. The van der Waals surface area contributed by atoms with Crippen LogP contribution in [0.1, 0.15) is 20.2 Å². The quantitative estimate of drug-likeness (QED) is 0.547. The van der Waals surface area contributed by atoms with Gasteiger partial charge in [0.05, 0.1) is 17.0 Å². The highest BCUT2D eigenvalue weighted by atomic mass is 32.1. The number of nitrogens with zero attached hydrogens (tertiary/aromatic N) is 2. The first kappa shape index (κ1) is 15.2. The van der Waals surface area contributed by atoms with E-state index >= 15 is 0 Å². The van der Waals surface area contributed by atoms with Crippen molar-refractivity contribution in [2.45, 2.75) is 6.61 Å². The van der Waals surface area contributed by atoms with Gasteiger partial charge in [-0.1, -0.05) is 18.2 Å². The molecule has 4 aromatic rings. The molecule has 120 valence electrons. The van der Waals surface area contributed by atoms with Crippen molar-refractivity contribution < 1.29 is 9.53 Å². The average molecular weight is 355 g/mol. The lowest BCUT2D eigenvalue weighted by Crippen LogP contribution is -1.99. The van der Waals surface area contributed by atoms with Gasteiger partial charge in [0.1, 0.15) is 10.7 Å². The number of hydrogen-bond acceptors (Lipinski definition) is 6. The van der Waals surface area contributed by atoms with E-state index in [4.69, 9.17) is 4.74 Å². The molecule has 3 heterocycles. The summed E-state index contributed by atoms with van der Waals surface area (Å²) in [6, 6.07) is 7.75. The molecule has 0 fully saturated rings. The normalized spacial score (nSPS) is 11.2. The van der Waals surface area contributed by atoms with Crippen LogP contribution in [-0.4, -0.2) is 27.8 Å². The van der Waals surface area contributed by atoms with E-state index in [2.05, 4.69) is 15.0 Å². The third-order valence-corrected chi connectivity index (χ3v) is 5.43. The Bertz CT molecular complexity index is 1020. The van der Waals surface area contributed by atoms with Crippen molar-refractivity contribution in [2.24, 2.45) is 0 Å². The van der Waals surface area contributed by atoms with Crippen LogP contribution in [0.4, 0.5) is 0 Å². The molecule has 4 rings (SSSR count). The number of carbonyl (C=O) groups excluding carboxylic acids is 1. The van der Waals surface area contributed by atoms with Gasteiger partial charge in [0.25, 0.3) is 0 Å². The second kappa shape index (κ2) is 6.27. The van der Waals surface area contributed by atoms with Gasteiger partial charge in [-0.15, -0.1) is 22.7 Å². The molecule has 0 aliphatic rings. The summed E-state index contributed by atoms with van der Waals surface area (Å²) in [6.07, 6.45) is 3.53. The van der Waals surface area contributed by atoms with Gasteiger partial charge in [0.15, 0.2) is 5.01 Å². The first-order chi connectivity index (χ1) is 11.8. The highest BCUT2D eigenvalue weighted by Crippen LogP contribution is 2.29. The predicted octanol–water partition coefficient (Wildman–Crippen LogP) is 4.13. The van der Waals surface area contributed by atoms with Crippen LogP contribution in [-0.2, 0) is 11.3 Å². The summed E-state index contributed by atoms with van der Waals surface area (Å²) in [5.41, 5.74) is 2.32. The molecule has 24 heavy (non-hydrogen) atoms. The molecule has 0 bridgehead atoms. The van der Waals surface area contributed by atoms with E-state index in [-0.39, 0.29) is 5.78 Å². The maximum absolute atomic E-state index is 12.8. The number of aromatic amines is 1. The number of para-hydroxylation sites is 1. The summed E-state index contributed by atoms with van der Waals surface area (Å²) in [4.78, 5) is 25.8. The Labute approximate surface area is 146 Å². The molecule has 7 heteroatoms. The number of nitrogens with one attached hydrogen (secondary N) is 1. The number of hydrogen-bond donors (Lipinski definition) is 1. The summed E-state index contributed by atoms with van der Waals surface area (Å²) in [6.45, 7) is 0.531. The summed E-state index contributed by atoms with van der Waals surface area (Å²) in [7, 11) is 1.65. The summed E-state index contributed by atoms with van der Waals surface area (Å²) < 4.78 is 5.11. The van der Waals surface area contributed by atoms with Crippen molar-refractivity contribution in [2.75, 3.05) is 7.11 Å². The fourth-order valence-electron chi connectivity index (χ4n) is 2.49. The van der Waals surface area contributed by atoms with Crippen LogP contribution in [0.5, 0.6) is 0 Å². The smallest absolute Gasteiger partial charge is 0.223 e. The maximum Gasteiger partial charge on any atom is 0.223 e. The highest BCUT2D eigenvalue weighted by Gasteiger charge is 2.18. The largest absolute Gasteiger partial charge is 0.379 e. The SMILES string of the molecule is COCc1cnc(-c2csc(C(=O)c3c[nH]c4ccccc34)n2)s1. The Morgan fingerprint density at radius 3 is 3.08 bits per heavy atom. The Balaban J connectivity index is 1.65. The first-order valence-electron chi connectivity index (χ1n) is 7.26. The molecule has 1 N–H and O–H groups in total. The first-order valence-corrected chi connectivity index (χ1v) is 8.96. The predicted molar refractivity (Wildman–Crippen MR) is 95.7 cm³/mol. The second-order valence-corrected chi connectivity index (χ2v) is 7.15. The number of carbonyl (C=O) groups is 1. The number of fused-ring (bicyclic) bond motifs is 1. The van der Waals surface area contributed by atoms with Crippen LogP contribution in [0.3, 0.4) is 0 Å². The topological polar surface area (TPSA) is 67.9 Å². The highest BCUT2D eigenvalue weighted by molar-refractivity contribution is 7.16. The van der Waals surface area contributed by atoms with Gasteiger partial charge >= 0.3 is 0 Å². The van der Waals surface area contributed by atoms with E-state index in [0.29, 0.717) is 17.2 Å². The zero-order valence-electron chi connectivity index (χ0n) is 12.8. The van der Waals surface area contributed by atoms with Gasteiger partial charge < -0.3 is 9.72 Å². The second-order valence-electron chi connectivity index (χ2n) is 5.18. The summed E-state index contributed by atoms with van der Waals surface area (Å²) in [5.74, 6) is -0.0719. The van der Waals surface area contributed by atoms with Crippen LogP contribution >= 0.6 is 22.7 Å². The van der Waals surface area contributed by atoms with E-state index < -0.39 is 0 Å². The Hall–Kier alpha value is -2.35. The number of thiazole rings is 2. The number of rotatable bonds is 5. The zero-order valence-corrected chi connectivity index (χ0v) is 14.4. The summed E-state index contributed by atoms with van der Waals surface area (Å²) >= 11 is 2.87. The molecule has 0 amide bonds. The molecule has 0 unspecified atom stereocenters. The van der Waals surface area contributed by atoms with E-state index in [0.717, 1.165) is 26.5 Å². The van der Waals surface area contributed by atoms with Crippen LogP contribution in [0.25, 0.3) is 21.6 Å². The minimum absolute atomic E-state index is 0.0719. The van der Waals surface area contributed by atoms with Crippen LogP contribution in [0, 0.1) is 0 Å². The molecule has 0 saturated heterocycles. The third kappa shape index (κ3) is 2.66. The summed E-state index contributed by atoms with van der Waals surface area (Å²) in [5, 5.41) is 4.06. The number of benzene rings is 1. The third-order valence-electron chi connectivity index (χ3n) is 3.59. The molecule has 1 aromatic carbocycles. The van der Waals surface area contributed by atoms with Gasteiger partial charge in [-0.25, -0.2) is 9.97 Å². The molecule has 0 atom stereocenters. The zero-order chi connectivity index (χ0) is 16.5. The minimum Gasteiger partial charge on any atom is -0.379 e. The van der Waals surface area contributed by atoms with E-state index in [1.165, 1.54) is 22.7 Å². The number of ketones is 1. The van der Waals surface area contributed by atoms with Gasteiger partial charge in [0.2, 0.25) is 5.78 Å². The number of methoxy groups -OCH3 is 1. The molecule has 0 aliphatic heterocycles. The lowest BCUT2D eigenvalue weighted by atomic mass is 10.1. The van der Waals surface area contributed by atoms with E-state index in [9.17, 15) is 4.79 Å². The monoisotopic (exact) mass is 355 g/mol. The molecule has 5 nitrogen and oxygen atoms in total. The van der Waals surface area contributed by atoms with Crippen LogP contribution < -0.4 is 0 Å². The van der Waals surface area contributed by atoms with Crippen molar-refractivity contribution in [3.05, 3.63) is 57.5 Å². The van der Waals surface area contributed by atoms with Crippen molar-refractivity contribution >= 4 is 39.4 Å². The number of H-pyrrole nitrogens is 1. The van der Waals surface area contributed by atoms with Gasteiger partial charge in [-0.05, 0) is 6.07 Å². The van der Waals surface area contributed by atoms with Gasteiger partial charge in [-0.3, -0.25) is 4.79 Å². The molecular weight excluding hydrogens is 342 g/mol. The molecule has 0 aliphatic carbocycles. The van der Waals surface area contributed by atoms with Crippen molar-refractivity contribution in [3.63, 3.8) is 0 Å². The molecule has 0 spiro atoms. The van der Waals surface area contributed by atoms with Gasteiger partial charge in [0, 0.05) is 35.8 Å². The minimum atomic E-state index is -0.0719. The maximum atomic E-state index is 12.8. The van der Waals surface area contributed by atoms with E-state index in [1.807, 2.05) is 29.6 Å². The lowest BCUT2D eigenvalue weighted by Gasteiger charge is -1.95. The average Bonchev–Trinajstić information content (AvgIpc) is 3.33. The lowest BCUT2D eigenvalue weighted by molar-refractivity contribution is 0.104. The van der Waals surface area contributed by atoms with Crippen molar-refractivity contribution in [1.29, 1.82) is 0 Å². The molecular formula is C17H13N3O2S2. The van der Waals surface area contributed by atoms with Crippen molar-refractivity contribution in [1.82, 2.24) is 15.0 Å². The molecule has 0 radical (unpaired) electrons. The fourth-order valence-corrected chi connectivity index (χ4v) is 4.16. The van der Waals surface area contributed by atoms with Gasteiger partial charge in [-0.2, -0.15) is 0 Å². The molecule has 0 saturated carbocycles. The van der Waals surface area contributed by atoms with Crippen LogP contribution in [0.15, 0.2) is 42.0 Å². The van der Waals surface area contributed by atoms with Crippen molar-refractivity contribution in [3.8, 4) is 10.7 Å². The number of ether oxygens (including phenoxy) is 1. The van der Waals surface area contributed by atoms with E-state index in [1.54, 1.807) is 19.5 Å². The Morgan fingerprint density at radius 1 is 1.33 bits per heavy atom. The Morgan fingerprint density at radius 2 is 2.21 bits per heavy atom. The van der Waals surface area contributed by atoms with Crippen LogP contribution in [0.2, 0.25) is 0 Å². The molecule has 3 aromatic heterocycles. The fraction of sp³-hybridized carbons (Fsp3) is 0.118.